The van der Waals surface area contributed by atoms with Crippen molar-refractivity contribution in [2.75, 3.05) is 25.1 Å². The van der Waals surface area contributed by atoms with E-state index in [4.69, 9.17) is 4.74 Å². The van der Waals surface area contributed by atoms with Crippen LogP contribution in [0, 0.1) is 11.3 Å². The first-order valence-corrected chi connectivity index (χ1v) is 8.30. The predicted octanol–water partition coefficient (Wildman–Crippen LogP) is 2.84. The zero-order valence-electron chi connectivity index (χ0n) is 13.2. The minimum Gasteiger partial charge on any atom is -0.495 e. The standard InChI is InChI=1S/C16H18BrN5O/c1-21-10-19-20-16(21)11-5-7-22(8-6-11)15-12(9-18)14(23-2)4-3-13(15)17/h3-4,10-11H,5-8H2,1-2H3. The second kappa shape index (κ2) is 6.59. The molecule has 0 atom stereocenters. The zero-order valence-corrected chi connectivity index (χ0v) is 14.7. The van der Waals surface area contributed by atoms with E-state index in [9.17, 15) is 5.26 Å². The minimum atomic E-state index is 0.411. The van der Waals surface area contributed by atoms with Crippen LogP contribution in [-0.2, 0) is 7.05 Å². The SMILES string of the molecule is COc1ccc(Br)c(N2CCC(c3nncn3C)CC2)c1C#N. The van der Waals surface area contributed by atoms with Gasteiger partial charge in [-0.3, -0.25) is 0 Å². The zero-order chi connectivity index (χ0) is 16.4. The lowest BCUT2D eigenvalue weighted by Crippen LogP contribution is -2.34. The van der Waals surface area contributed by atoms with Crippen molar-refractivity contribution in [3.05, 3.63) is 34.3 Å². The van der Waals surface area contributed by atoms with Gasteiger partial charge in [0.25, 0.3) is 0 Å². The molecule has 0 amide bonds. The summed E-state index contributed by atoms with van der Waals surface area (Å²) >= 11 is 3.58. The van der Waals surface area contributed by atoms with Crippen molar-refractivity contribution in [1.82, 2.24) is 14.8 Å². The van der Waals surface area contributed by atoms with Crippen LogP contribution in [0.3, 0.4) is 0 Å². The number of aromatic nitrogens is 3. The monoisotopic (exact) mass is 375 g/mol. The lowest BCUT2D eigenvalue weighted by Gasteiger charge is -2.34. The fourth-order valence-corrected chi connectivity index (χ4v) is 3.74. The van der Waals surface area contributed by atoms with E-state index in [2.05, 4.69) is 37.1 Å². The summed E-state index contributed by atoms with van der Waals surface area (Å²) in [6, 6.07) is 6.03. The lowest BCUT2D eigenvalue weighted by molar-refractivity contribution is 0.412. The van der Waals surface area contributed by atoms with Crippen LogP contribution in [0.15, 0.2) is 22.9 Å². The molecule has 3 rings (SSSR count). The summed E-state index contributed by atoms with van der Waals surface area (Å²) in [6.07, 6.45) is 3.72. The van der Waals surface area contributed by atoms with Gasteiger partial charge >= 0.3 is 0 Å². The molecule has 0 radical (unpaired) electrons. The Morgan fingerprint density at radius 1 is 1.35 bits per heavy atom. The number of benzene rings is 1. The topological polar surface area (TPSA) is 67.0 Å². The van der Waals surface area contributed by atoms with Crippen LogP contribution in [0.5, 0.6) is 5.75 Å². The Labute approximate surface area is 143 Å². The molecule has 1 aromatic carbocycles. The number of anilines is 1. The lowest BCUT2D eigenvalue weighted by atomic mass is 9.95. The first-order chi connectivity index (χ1) is 11.2. The summed E-state index contributed by atoms with van der Waals surface area (Å²) in [6.45, 7) is 1.75. The summed E-state index contributed by atoms with van der Waals surface area (Å²) < 4.78 is 8.24. The Bertz CT molecular complexity index is 743. The second-order valence-corrected chi connectivity index (χ2v) is 6.50. The molecule has 1 aromatic heterocycles. The molecule has 7 heteroatoms. The third-order valence-electron chi connectivity index (χ3n) is 4.34. The number of hydrogen-bond acceptors (Lipinski definition) is 5. The first kappa shape index (κ1) is 15.8. The van der Waals surface area contributed by atoms with Gasteiger partial charge in [-0.25, -0.2) is 0 Å². The number of piperidine rings is 1. The molecule has 23 heavy (non-hydrogen) atoms. The Morgan fingerprint density at radius 2 is 2.09 bits per heavy atom. The van der Waals surface area contributed by atoms with Crippen molar-refractivity contribution in [3.8, 4) is 11.8 Å². The molecular formula is C16H18BrN5O. The van der Waals surface area contributed by atoms with Gasteiger partial charge in [0.15, 0.2) is 0 Å². The number of hydrogen-bond donors (Lipinski definition) is 0. The number of methoxy groups -OCH3 is 1. The maximum Gasteiger partial charge on any atom is 0.138 e. The molecule has 2 aromatic rings. The van der Waals surface area contributed by atoms with Gasteiger partial charge in [-0.1, -0.05) is 0 Å². The largest absolute Gasteiger partial charge is 0.495 e. The summed E-state index contributed by atoms with van der Waals surface area (Å²) in [7, 11) is 3.57. The van der Waals surface area contributed by atoms with Crippen molar-refractivity contribution in [1.29, 1.82) is 5.26 Å². The Morgan fingerprint density at radius 3 is 2.65 bits per heavy atom. The average molecular weight is 376 g/mol. The van der Waals surface area contributed by atoms with E-state index in [-0.39, 0.29) is 0 Å². The molecule has 0 spiro atoms. The van der Waals surface area contributed by atoms with Crippen LogP contribution in [0.4, 0.5) is 5.69 Å². The summed E-state index contributed by atoms with van der Waals surface area (Å²) in [4.78, 5) is 2.25. The molecule has 1 fully saturated rings. The average Bonchev–Trinajstić information content (AvgIpc) is 3.00. The highest BCUT2D eigenvalue weighted by Crippen LogP contribution is 2.38. The van der Waals surface area contributed by atoms with Gasteiger partial charge in [0.05, 0.1) is 12.8 Å². The number of halogens is 1. The number of aryl methyl sites for hydroxylation is 1. The van der Waals surface area contributed by atoms with Gasteiger partial charge < -0.3 is 14.2 Å². The molecule has 0 saturated carbocycles. The van der Waals surface area contributed by atoms with E-state index in [0.29, 0.717) is 17.2 Å². The molecule has 1 aliphatic heterocycles. The normalized spacial score (nSPS) is 15.5. The van der Waals surface area contributed by atoms with Crippen LogP contribution >= 0.6 is 15.9 Å². The number of nitrogens with zero attached hydrogens (tertiary/aromatic N) is 5. The van der Waals surface area contributed by atoms with Crippen molar-refractivity contribution >= 4 is 21.6 Å². The van der Waals surface area contributed by atoms with E-state index in [1.165, 1.54) is 0 Å². The molecule has 2 heterocycles. The maximum atomic E-state index is 9.52. The molecule has 120 valence electrons. The van der Waals surface area contributed by atoms with Gasteiger partial charge in [0.2, 0.25) is 0 Å². The molecule has 0 aliphatic carbocycles. The fraction of sp³-hybridized carbons (Fsp3) is 0.438. The highest BCUT2D eigenvalue weighted by atomic mass is 79.9. The summed E-state index contributed by atoms with van der Waals surface area (Å²) in [5, 5.41) is 17.7. The van der Waals surface area contributed by atoms with Gasteiger partial charge in [-0.05, 0) is 40.9 Å². The van der Waals surface area contributed by atoms with Crippen LogP contribution in [0.2, 0.25) is 0 Å². The Hall–Kier alpha value is -2.07. The van der Waals surface area contributed by atoms with Gasteiger partial charge in [0.1, 0.15) is 29.5 Å². The molecule has 0 unspecified atom stereocenters. The highest BCUT2D eigenvalue weighted by molar-refractivity contribution is 9.10. The van der Waals surface area contributed by atoms with E-state index in [0.717, 1.165) is 41.9 Å². The molecule has 6 nitrogen and oxygen atoms in total. The smallest absolute Gasteiger partial charge is 0.138 e. The Balaban J connectivity index is 1.83. The van der Waals surface area contributed by atoms with E-state index in [1.807, 2.05) is 23.7 Å². The van der Waals surface area contributed by atoms with Crippen molar-refractivity contribution in [2.24, 2.45) is 7.05 Å². The molecule has 1 saturated heterocycles. The van der Waals surface area contributed by atoms with E-state index in [1.54, 1.807) is 13.4 Å². The predicted molar refractivity (Wildman–Crippen MR) is 90.6 cm³/mol. The molecule has 0 bridgehead atoms. The summed E-state index contributed by atoms with van der Waals surface area (Å²) in [5.41, 5.74) is 1.50. The van der Waals surface area contributed by atoms with Gasteiger partial charge in [-0.2, -0.15) is 5.26 Å². The number of nitriles is 1. The molecule has 0 N–H and O–H groups in total. The van der Waals surface area contributed by atoms with Gasteiger partial charge in [-0.15, -0.1) is 10.2 Å². The number of ether oxygens (including phenoxy) is 1. The molecular weight excluding hydrogens is 358 g/mol. The highest BCUT2D eigenvalue weighted by Gasteiger charge is 2.27. The van der Waals surface area contributed by atoms with Crippen LogP contribution in [0.1, 0.15) is 30.1 Å². The third kappa shape index (κ3) is 2.91. The first-order valence-electron chi connectivity index (χ1n) is 7.51. The maximum absolute atomic E-state index is 9.52. The Kier molecular flexibility index (Phi) is 4.53. The van der Waals surface area contributed by atoms with Crippen molar-refractivity contribution in [2.45, 2.75) is 18.8 Å². The second-order valence-electron chi connectivity index (χ2n) is 5.65. The van der Waals surface area contributed by atoms with Crippen LogP contribution in [0.25, 0.3) is 0 Å². The minimum absolute atomic E-state index is 0.411. The quantitative estimate of drug-likeness (QED) is 0.824. The van der Waals surface area contributed by atoms with Crippen molar-refractivity contribution in [3.63, 3.8) is 0 Å². The third-order valence-corrected chi connectivity index (χ3v) is 4.98. The van der Waals surface area contributed by atoms with Crippen LogP contribution in [-0.4, -0.2) is 35.0 Å². The van der Waals surface area contributed by atoms with E-state index >= 15 is 0 Å². The number of rotatable bonds is 3. The molecule has 1 aliphatic rings. The summed E-state index contributed by atoms with van der Waals surface area (Å²) in [5.74, 6) is 2.06. The van der Waals surface area contributed by atoms with Gasteiger partial charge in [0, 0.05) is 30.5 Å². The van der Waals surface area contributed by atoms with Crippen LogP contribution < -0.4 is 9.64 Å². The van der Waals surface area contributed by atoms with Crippen molar-refractivity contribution < 1.29 is 4.74 Å². The van der Waals surface area contributed by atoms with E-state index < -0.39 is 0 Å². The fourth-order valence-electron chi connectivity index (χ4n) is 3.16.